The third-order valence-electron chi connectivity index (χ3n) is 3.82. The first-order valence-corrected chi connectivity index (χ1v) is 8.36. The topological polar surface area (TPSA) is 80.3 Å². The van der Waals surface area contributed by atoms with Crippen LogP contribution < -0.4 is 0 Å². The molecule has 2 aliphatic rings. The van der Waals surface area contributed by atoms with E-state index in [2.05, 4.69) is 0 Å². The van der Waals surface area contributed by atoms with Gasteiger partial charge < -0.3 is 23.7 Å². The van der Waals surface area contributed by atoms with Crippen molar-refractivity contribution in [1.29, 1.82) is 0 Å². The van der Waals surface area contributed by atoms with Crippen LogP contribution in [0, 0.1) is 0 Å². The molecule has 7 heteroatoms. The lowest BCUT2D eigenvalue weighted by Crippen LogP contribution is -2.19. The van der Waals surface area contributed by atoms with Crippen molar-refractivity contribution in [3.8, 4) is 0 Å². The Kier molecular flexibility index (Phi) is 8.35. The van der Waals surface area contributed by atoms with Gasteiger partial charge in [-0.05, 0) is 25.7 Å². The maximum absolute atomic E-state index is 11.5. The van der Waals surface area contributed by atoms with Crippen LogP contribution in [0.25, 0.3) is 0 Å². The van der Waals surface area contributed by atoms with Gasteiger partial charge in [-0.2, -0.15) is 0 Å². The highest BCUT2D eigenvalue weighted by atomic mass is 16.6. The van der Waals surface area contributed by atoms with Gasteiger partial charge in [0.15, 0.2) is 0 Å². The molecule has 0 aromatic heterocycles. The molecule has 2 saturated heterocycles. The molecule has 0 aromatic rings. The fourth-order valence-electron chi connectivity index (χ4n) is 2.63. The summed E-state index contributed by atoms with van der Waals surface area (Å²) in [7, 11) is 0. The van der Waals surface area contributed by atoms with Crippen molar-refractivity contribution < 1.29 is 33.3 Å². The Bertz CT molecular complexity index is 325. The van der Waals surface area contributed by atoms with Gasteiger partial charge in [0, 0.05) is 13.2 Å². The summed E-state index contributed by atoms with van der Waals surface area (Å²) in [6.45, 7) is 2.45. The summed E-state index contributed by atoms with van der Waals surface area (Å²) in [6, 6.07) is 0. The Hall–Kier alpha value is -1.18. The van der Waals surface area contributed by atoms with Crippen LogP contribution in [0.15, 0.2) is 0 Å². The van der Waals surface area contributed by atoms with Crippen LogP contribution in [0.5, 0.6) is 0 Å². The second-order valence-corrected chi connectivity index (χ2v) is 5.73. The fraction of sp³-hybridized carbons (Fsp3) is 0.875. The van der Waals surface area contributed by atoms with E-state index < -0.39 is 0 Å². The van der Waals surface area contributed by atoms with Gasteiger partial charge in [-0.25, -0.2) is 0 Å². The Labute approximate surface area is 136 Å². The number of rotatable bonds is 10. The molecular formula is C16H26O7. The van der Waals surface area contributed by atoms with E-state index >= 15 is 0 Å². The van der Waals surface area contributed by atoms with Crippen LogP contribution in [0.3, 0.4) is 0 Å². The molecule has 0 bridgehead atoms. The molecule has 0 amide bonds. The zero-order valence-electron chi connectivity index (χ0n) is 13.5. The Balaban J connectivity index is 1.37. The monoisotopic (exact) mass is 330 g/mol. The third-order valence-corrected chi connectivity index (χ3v) is 3.82. The fourth-order valence-corrected chi connectivity index (χ4v) is 2.63. The van der Waals surface area contributed by atoms with Crippen LogP contribution in [0.1, 0.15) is 38.5 Å². The van der Waals surface area contributed by atoms with E-state index in [0.29, 0.717) is 26.1 Å². The highest BCUT2D eigenvalue weighted by Gasteiger charge is 2.20. The van der Waals surface area contributed by atoms with Crippen LogP contribution in [-0.4, -0.2) is 63.8 Å². The summed E-state index contributed by atoms with van der Waals surface area (Å²) >= 11 is 0. The lowest BCUT2D eigenvalue weighted by atomic mass is 10.2. The van der Waals surface area contributed by atoms with Crippen LogP contribution in [0.4, 0.5) is 0 Å². The van der Waals surface area contributed by atoms with E-state index in [-0.39, 0.29) is 37.4 Å². The Morgan fingerprint density at radius 2 is 1.26 bits per heavy atom. The molecule has 0 aromatic carbocycles. The van der Waals surface area contributed by atoms with Gasteiger partial charge in [0.2, 0.25) is 0 Å². The van der Waals surface area contributed by atoms with Crippen LogP contribution in [0.2, 0.25) is 0 Å². The molecule has 0 saturated carbocycles. The predicted octanol–water partition coefficient (Wildman–Crippen LogP) is 1.23. The average Bonchev–Trinajstić information content (AvgIpc) is 3.20. The zero-order chi connectivity index (χ0) is 16.3. The molecule has 2 aliphatic heterocycles. The average molecular weight is 330 g/mol. The number of ether oxygens (including phenoxy) is 5. The van der Waals surface area contributed by atoms with E-state index in [4.69, 9.17) is 23.7 Å². The Morgan fingerprint density at radius 3 is 1.65 bits per heavy atom. The highest BCUT2D eigenvalue weighted by Crippen LogP contribution is 2.16. The molecule has 2 atom stereocenters. The lowest BCUT2D eigenvalue weighted by Gasteiger charge is -2.10. The molecule has 2 heterocycles. The van der Waals surface area contributed by atoms with Crippen molar-refractivity contribution in [3.63, 3.8) is 0 Å². The molecule has 2 fully saturated rings. The molecule has 132 valence electrons. The predicted molar refractivity (Wildman–Crippen MR) is 79.9 cm³/mol. The van der Waals surface area contributed by atoms with Crippen molar-refractivity contribution in [2.45, 2.75) is 50.7 Å². The lowest BCUT2D eigenvalue weighted by molar-refractivity contribution is -0.149. The first-order valence-electron chi connectivity index (χ1n) is 8.36. The van der Waals surface area contributed by atoms with Crippen molar-refractivity contribution in [1.82, 2.24) is 0 Å². The van der Waals surface area contributed by atoms with Gasteiger partial charge in [-0.15, -0.1) is 0 Å². The minimum absolute atomic E-state index is 0.00618. The van der Waals surface area contributed by atoms with Crippen molar-refractivity contribution >= 4 is 11.9 Å². The highest BCUT2D eigenvalue weighted by molar-refractivity contribution is 5.70. The normalized spacial score (nSPS) is 23.8. The van der Waals surface area contributed by atoms with Crippen molar-refractivity contribution in [3.05, 3.63) is 0 Å². The molecule has 0 radical (unpaired) electrons. The molecule has 2 unspecified atom stereocenters. The smallest absolute Gasteiger partial charge is 0.308 e. The molecule has 0 aliphatic carbocycles. The second-order valence-electron chi connectivity index (χ2n) is 5.73. The molecule has 0 spiro atoms. The summed E-state index contributed by atoms with van der Waals surface area (Å²) in [6.07, 6.45) is 4.48. The standard InChI is InChI=1S/C16H26O7/c17-15(11-13-3-1-5-20-13)22-9-7-19-8-10-23-16(18)12-14-4-2-6-21-14/h13-14H,1-12H2. The second kappa shape index (κ2) is 10.6. The zero-order valence-corrected chi connectivity index (χ0v) is 13.5. The number of carbonyl (C=O) groups excluding carboxylic acids is 2. The summed E-state index contributed by atoms with van der Waals surface area (Å²) in [5.74, 6) is -0.521. The van der Waals surface area contributed by atoms with Crippen molar-refractivity contribution in [2.24, 2.45) is 0 Å². The van der Waals surface area contributed by atoms with Gasteiger partial charge in [0.25, 0.3) is 0 Å². The SMILES string of the molecule is O=C(CC1CCCO1)OCCOCCOC(=O)CC1CCCO1. The number of hydrogen-bond acceptors (Lipinski definition) is 7. The van der Waals surface area contributed by atoms with E-state index in [1.807, 2.05) is 0 Å². The number of carbonyl (C=O) groups is 2. The Morgan fingerprint density at radius 1 is 0.783 bits per heavy atom. The molecular weight excluding hydrogens is 304 g/mol. The summed E-state index contributed by atoms with van der Waals surface area (Å²) in [5.41, 5.74) is 0. The van der Waals surface area contributed by atoms with Gasteiger partial charge in [-0.3, -0.25) is 9.59 Å². The van der Waals surface area contributed by atoms with Gasteiger partial charge >= 0.3 is 11.9 Å². The van der Waals surface area contributed by atoms with Gasteiger partial charge in [0.1, 0.15) is 13.2 Å². The molecule has 23 heavy (non-hydrogen) atoms. The first-order chi connectivity index (χ1) is 11.2. The van der Waals surface area contributed by atoms with E-state index in [0.717, 1.165) is 38.9 Å². The maximum Gasteiger partial charge on any atom is 0.308 e. The molecule has 0 N–H and O–H groups in total. The van der Waals surface area contributed by atoms with E-state index in [1.165, 1.54) is 0 Å². The summed E-state index contributed by atoms with van der Waals surface area (Å²) in [5, 5.41) is 0. The van der Waals surface area contributed by atoms with Crippen molar-refractivity contribution in [2.75, 3.05) is 39.6 Å². The number of hydrogen-bond donors (Lipinski definition) is 0. The summed E-state index contributed by atoms with van der Waals surface area (Å²) in [4.78, 5) is 23.0. The van der Waals surface area contributed by atoms with E-state index in [1.54, 1.807) is 0 Å². The molecule has 7 nitrogen and oxygen atoms in total. The largest absolute Gasteiger partial charge is 0.463 e. The minimum Gasteiger partial charge on any atom is -0.463 e. The molecule has 2 rings (SSSR count). The van der Waals surface area contributed by atoms with Crippen LogP contribution >= 0.6 is 0 Å². The number of esters is 2. The quantitative estimate of drug-likeness (QED) is 0.440. The third kappa shape index (κ3) is 7.76. The van der Waals surface area contributed by atoms with E-state index in [9.17, 15) is 9.59 Å². The van der Waals surface area contributed by atoms with Gasteiger partial charge in [-0.1, -0.05) is 0 Å². The first kappa shape index (κ1) is 18.2. The van der Waals surface area contributed by atoms with Gasteiger partial charge in [0.05, 0.1) is 38.3 Å². The maximum atomic E-state index is 11.5. The van der Waals surface area contributed by atoms with Crippen LogP contribution in [-0.2, 0) is 33.3 Å². The summed E-state index contributed by atoms with van der Waals surface area (Å²) < 4.78 is 26.1. The minimum atomic E-state index is -0.261.